The van der Waals surface area contributed by atoms with Crippen molar-refractivity contribution in [2.75, 3.05) is 26.2 Å². The monoisotopic (exact) mass is 279 g/mol. The SMILES string of the molecule is C[C@@H]1CN(CCCCNC(=O)c2ccc[nH]2)C[C@H](C)O1. The van der Waals surface area contributed by atoms with E-state index in [9.17, 15) is 4.79 Å². The third kappa shape index (κ3) is 4.65. The van der Waals surface area contributed by atoms with Gasteiger partial charge < -0.3 is 15.0 Å². The Kier molecular flexibility index (Phi) is 5.61. The number of hydrogen-bond donors (Lipinski definition) is 2. The second-order valence-corrected chi connectivity index (χ2v) is 5.56. The third-order valence-electron chi connectivity index (χ3n) is 3.52. The molecule has 2 heterocycles. The van der Waals surface area contributed by atoms with Gasteiger partial charge in [0.2, 0.25) is 0 Å². The first kappa shape index (κ1) is 15.1. The molecule has 0 bridgehead atoms. The molecule has 0 saturated carbocycles. The maximum absolute atomic E-state index is 11.7. The highest BCUT2D eigenvalue weighted by Gasteiger charge is 2.21. The quantitative estimate of drug-likeness (QED) is 0.778. The summed E-state index contributed by atoms with van der Waals surface area (Å²) >= 11 is 0. The van der Waals surface area contributed by atoms with E-state index >= 15 is 0 Å². The minimum atomic E-state index is -0.0244. The molecule has 0 aliphatic carbocycles. The number of nitrogens with one attached hydrogen (secondary N) is 2. The van der Waals surface area contributed by atoms with Crippen LogP contribution in [-0.4, -0.2) is 54.2 Å². The lowest BCUT2D eigenvalue weighted by Gasteiger charge is -2.35. The highest BCUT2D eigenvalue weighted by atomic mass is 16.5. The van der Waals surface area contributed by atoms with E-state index in [-0.39, 0.29) is 5.91 Å². The molecule has 5 nitrogen and oxygen atoms in total. The summed E-state index contributed by atoms with van der Waals surface area (Å²) in [5.41, 5.74) is 0.626. The predicted molar refractivity (Wildman–Crippen MR) is 78.8 cm³/mol. The maximum atomic E-state index is 11.7. The molecule has 0 unspecified atom stereocenters. The van der Waals surface area contributed by atoms with Gasteiger partial charge in [0.05, 0.1) is 12.2 Å². The Morgan fingerprint density at radius 2 is 2.15 bits per heavy atom. The Hall–Kier alpha value is -1.33. The number of carbonyl (C=O) groups is 1. The van der Waals surface area contributed by atoms with Crippen molar-refractivity contribution in [3.8, 4) is 0 Å². The lowest BCUT2D eigenvalue weighted by Crippen LogP contribution is -2.45. The summed E-state index contributed by atoms with van der Waals surface area (Å²) in [6.07, 6.45) is 4.52. The minimum absolute atomic E-state index is 0.0244. The molecule has 0 aromatic carbocycles. The number of nitrogens with zero attached hydrogens (tertiary/aromatic N) is 1. The molecule has 1 aromatic heterocycles. The maximum Gasteiger partial charge on any atom is 0.267 e. The molecular formula is C15H25N3O2. The van der Waals surface area contributed by atoms with Crippen LogP contribution in [0.15, 0.2) is 18.3 Å². The van der Waals surface area contributed by atoms with Gasteiger partial charge in [-0.3, -0.25) is 9.69 Å². The molecule has 20 heavy (non-hydrogen) atoms. The molecule has 5 heteroatoms. The van der Waals surface area contributed by atoms with Crippen molar-refractivity contribution in [3.63, 3.8) is 0 Å². The molecule has 2 N–H and O–H groups in total. The fraction of sp³-hybridized carbons (Fsp3) is 0.667. The van der Waals surface area contributed by atoms with Gasteiger partial charge in [0, 0.05) is 25.8 Å². The highest BCUT2D eigenvalue weighted by molar-refractivity contribution is 5.92. The minimum Gasteiger partial charge on any atom is -0.373 e. The number of ether oxygens (including phenoxy) is 1. The van der Waals surface area contributed by atoms with Crippen LogP contribution in [0.25, 0.3) is 0 Å². The summed E-state index contributed by atoms with van der Waals surface area (Å²) < 4.78 is 5.71. The topological polar surface area (TPSA) is 57.4 Å². The zero-order valence-corrected chi connectivity index (χ0v) is 12.4. The van der Waals surface area contributed by atoms with Gasteiger partial charge in [0.1, 0.15) is 5.69 Å². The van der Waals surface area contributed by atoms with Crippen LogP contribution in [0.2, 0.25) is 0 Å². The fourth-order valence-electron chi connectivity index (χ4n) is 2.70. The molecule has 1 aliphatic rings. The molecular weight excluding hydrogens is 254 g/mol. The average molecular weight is 279 g/mol. The first-order valence-electron chi connectivity index (χ1n) is 7.44. The molecule has 2 atom stereocenters. The smallest absolute Gasteiger partial charge is 0.267 e. The average Bonchev–Trinajstić information content (AvgIpc) is 2.90. The number of rotatable bonds is 6. The number of hydrogen-bond acceptors (Lipinski definition) is 3. The normalized spacial score (nSPS) is 23.7. The van der Waals surface area contributed by atoms with E-state index in [4.69, 9.17) is 4.74 Å². The number of H-pyrrole nitrogens is 1. The van der Waals surface area contributed by atoms with E-state index in [1.165, 1.54) is 0 Å². The van der Waals surface area contributed by atoms with Gasteiger partial charge in [0.15, 0.2) is 0 Å². The van der Waals surface area contributed by atoms with Crippen molar-refractivity contribution < 1.29 is 9.53 Å². The van der Waals surface area contributed by atoms with Crippen LogP contribution < -0.4 is 5.32 Å². The summed E-state index contributed by atoms with van der Waals surface area (Å²) in [5, 5.41) is 2.93. The van der Waals surface area contributed by atoms with Crippen LogP contribution in [0.3, 0.4) is 0 Å². The standard InChI is InChI=1S/C15H25N3O2/c1-12-10-18(11-13(2)20-12)9-4-3-7-17-15(19)14-6-5-8-16-14/h5-6,8,12-13,16H,3-4,7,9-11H2,1-2H3,(H,17,19)/t12-,13+. The third-order valence-corrected chi connectivity index (χ3v) is 3.52. The zero-order valence-electron chi connectivity index (χ0n) is 12.4. The molecule has 0 spiro atoms. The van der Waals surface area contributed by atoms with Gasteiger partial charge in [-0.05, 0) is 45.4 Å². The predicted octanol–water partition coefficient (Wildman–Crippen LogP) is 1.63. The Bertz CT molecular complexity index is 395. The van der Waals surface area contributed by atoms with Crippen LogP contribution in [0.1, 0.15) is 37.2 Å². The van der Waals surface area contributed by atoms with E-state index in [0.29, 0.717) is 17.9 Å². The Balaban J connectivity index is 1.56. The van der Waals surface area contributed by atoms with Crippen molar-refractivity contribution in [2.45, 2.75) is 38.9 Å². The van der Waals surface area contributed by atoms with Gasteiger partial charge in [-0.2, -0.15) is 0 Å². The molecule has 1 aromatic rings. The molecule has 1 amide bonds. The number of unbranched alkanes of at least 4 members (excludes halogenated alkanes) is 1. The van der Waals surface area contributed by atoms with Crippen LogP contribution in [0, 0.1) is 0 Å². The Morgan fingerprint density at radius 3 is 2.80 bits per heavy atom. The van der Waals surface area contributed by atoms with Gasteiger partial charge in [0.25, 0.3) is 5.91 Å². The van der Waals surface area contributed by atoms with Crippen LogP contribution >= 0.6 is 0 Å². The molecule has 1 aliphatic heterocycles. The van der Waals surface area contributed by atoms with Crippen molar-refractivity contribution in [1.29, 1.82) is 0 Å². The van der Waals surface area contributed by atoms with E-state index in [2.05, 4.69) is 29.0 Å². The number of morpholine rings is 1. The molecule has 1 saturated heterocycles. The second kappa shape index (κ2) is 7.45. The van der Waals surface area contributed by atoms with Gasteiger partial charge in [-0.1, -0.05) is 0 Å². The molecule has 112 valence electrons. The lowest BCUT2D eigenvalue weighted by atomic mass is 10.2. The van der Waals surface area contributed by atoms with Gasteiger partial charge in [-0.15, -0.1) is 0 Å². The number of aromatic amines is 1. The van der Waals surface area contributed by atoms with Crippen molar-refractivity contribution in [1.82, 2.24) is 15.2 Å². The summed E-state index contributed by atoms with van der Waals surface area (Å²) in [6.45, 7) is 8.08. The number of amides is 1. The van der Waals surface area contributed by atoms with Crippen LogP contribution in [0.4, 0.5) is 0 Å². The van der Waals surface area contributed by atoms with Gasteiger partial charge >= 0.3 is 0 Å². The summed E-state index contributed by atoms with van der Waals surface area (Å²) in [7, 11) is 0. The van der Waals surface area contributed by atoms with Gasteiger partial charge in [-0.25, -0.2) is 0 Å². The van der Waals surface area contributed by atoms with E-state index in [1.807, 2.05) is 6.07 Å². The Labute approximate surface area is 120 Å². The fourth-order valence-corrected chi connectivity index (χ4v) is 2.70. The first-order chi connectivity index (χ1) is 9.65. The van der Waals surface area contributed by atoms with E-state index in [0.717, 1.165) is 39.0 Å². The highest BCUT2D eigenvalue weighted by Crippen LogP contribution is 2.11. The largest absolute Gasteiger partial charge is 0.373 e. The summed E-state index contributed by atoms with van der Waals surface area (Å²) in [5.74, 6) is -0.0244. The second-order valence-electron chi connectivity index (χ2n) is 5.56. The van der Waals surface area contributed by atoms with Crippen molar-refractivity contribution >= 4 is 5.91 Å². The van der Waals surface area contributed by atoms with E-state index < -0.39 is 0 Å². The van der Waals surface area contributed by atoms with Crippen LogP contribution in [0.5, 0.6) is 0 Å². The Morgan fingerprint density at radius 1 is 1.40 bits per heavy atom. The van der Waals surface area contributed by atoms with Crippen molar-refractivity contribution in [2.24, 2.45) is 0 Å². The van der Waals surface area contributed by atoms with E-state index in [1.54, 1.807) is 12.3 Å². The number of carbonyl (C=O) groups excluding carboxylic acids is 1. The number of aromatic nitrogens is 1. The summed E-state index contributed by atoms with van der Waals surface area (Å²) in [6, 6.07) is 3.61. The molecule has 2 rings (SSSR count). The summed E-state index contributed by atoms with van der Waals surface area (Å²) in [4.78, 5) is 17.0. The van der Waals surface area contributed by atoms with Crippen molar-refractivity contribution in [3.05, 3.63) is 24.0 Å². The van der Waals surface area contributed by atoms with Crippen LogP contribution in [-0.2, 0) is 4.74 Å². The lowest BCUT2D eigenvalue weighted by molar-refractivity contribution is -0.0681. The molecule has 0 radical (unpaired) electrons. The molecule has 1 fully saturated rings. The first-order valence-corrected chi connectivity index (χ1v) is 7.44. The zero-order chi connectivity index (χ0) is 14.4.